The van der Waals surface area contributed by atoms with E-state index >= 15 is 0 Å². The van der Waals surface area contributed by atoms with Crippen molar-refractivity contribution in [1.29, 1.82) is 0 Å². The van der Waals surface area contributed by atoms with Crippen molar-refractivity contribution in [3.63, 3.8) is 0 Å². The highest BCUT2D eigenvalue weighted by Gasteiger charge is 2.13. The lowest BCUT2D eigenvalue weighted by molar-refractivity contribution is 0.602. The molecular formula is C19H17N4O2S-. The predicted octanol–water partition coefficient (Wildman–Crippen LogP) is 4.39. The van der Waals surface area contributed by atoms with Gasteiger partial charge in [-0.15, -0.1) is 0 Å². The molecule has 26 heavy (non-hydrogen) atoms. The van der Waals surface area contributed by atoms with Crippen LogP contribution >= 0.6 is 0 Å². The molecular weight excluding hydrogens is 348 g/mol. The standard InChI is InChI=1S/C19H17N4O2S/c1-2-12-23-19-16(13-14-8-6-7-11-17(14)20-19)18(21-23)22-26(24,25)15-9-4-3-5-10-15/h3-11,13H,2,12H2,1H3/q-1. The maximum Gasteiger partial charge on any atom is 0.202 e. The molecule has 0 aliphatic rings. The first kappa shape index (κ1) is 16.5. The minimum Gasteiger partial charge on any atom is -0.372 e. The lowest BCUT2D eigenvalue weighted by atomic mass is 10.2. The first-order valence-electron chi connectivity index (χ1n) is 8.38. The normalized spacial score (nSPS) is 11.9. The number of hydrogen-bond donors (Lipinski definition) is 0. The van der Waals surface area contributed by atoms with E-state index in [4.69, 9.17) is 0 Å². The van der Waals surface area contributed by atoms with Gasteiger partial charge >= 0.3 is 0 Å². The average molecular weight is 365 g/mol. The number of hydrogen-bond acceptors (Lipinski definition) is 4. The number of para-hydroxylation sites is 1. The Hall–Kier alpha value is -2.93. The zero-order valence-electron chi connectivity index (χ0n) is 14.2. The third-order valence-corrected chi connectivity index (χ3v) is 5.37. The maximum absolute atomic E-state index is 12.6. The van der Waals surface area contributed by atoms with Crippen LogP contribution in [0.2, 0.25) is 0 Å². The molecule has 0 aliphatic carbocycles. The van der Waals surface area contributed by atoms with Gasteiger partial charge in [-0.05, 0) is 36.5 Å². The molecule has 0 saturated heterocycles. The van der Waals surface area contributed by atoms with Crippen molar-refractivity contribution in [2.24, 2.45) is 0 Å². The van der Waals surface area contributed by atoms with E-state index < -0.39 is 10.0 Å². The fraction of sp³-hybridized carbons (Fsp3) is 0.158. The Kier molecular flexibility index (Phi) is 4.08. The third kappa shape index (κ3) is 2.90. The van der Waals surface area contributed by atoms with E-state index in [1.807, 2.05) is 37.3 Å². The number of fused-ring (bicyclic) bond motifs is 2. The van der Waals surface area contributed by atoms with E-state index in [9.17, 15) is 8.42 Å². The topological polar surface area (TPSA) is 79.0 Å². The molecule has 0 saturated carbocycles. The number of rotatable bonds is 5. The van der Waals surface area contributed by atoms with Gasteiger partial charge in [-0.3, -0.25) is 0 Å². The molecule has 6 nitrogen and oxygen atoms in total. The van der Waals surface area contributed by atoms with Gasteiger partial charge in [0.2, 0.25) is 10.0 Å². The van der Waals surface area contributed by atoms with Crippen LogP contribution in [0, 0.1) is 0 Å². The summed E-state index contributed by atoms with van der Waals surface area (Å²) >= 11 is 0. The van der Waals surface area contributed by atoms with Crippen molar-refractivity contribution >= 4 is 37.8 Å². The summed E-state index contributed by atoms with van der Waals surface area (Å²) < 4.78 is 31.0. The molecule has 0 fully saturated rings. The molecule has 7 heteroatoms. The van der Waals surface area contributed by atoms with Crippen LogP contribution in [0.5, 0.6) is 0 Å². The first-order chi connectivity index (χ1) is 12.6. The van der Waals surface area contributed by atoms with E-state index in [2.05, 4.69) is 14.8 Å². The zero-order chi connectivity index (χ0) is 18.1. The first-order valence-corrected chi connectivity index (χ1v) is 9.82. The van der Waals surface area contributed by atoms with Crippen LogP contribution in [0.1, 0.15) is 13.3 Å². The molecule has 132 valence electrons. The van der Waals surface area contributed by atoms with Crippen LogP contribution in [0.4, 0.5) is 5.82 Å². The molecule has 4 rings (SSSR count). The van der Waals surface area contributed by atoms with Crippen molar-refractivity contribution < 1.29 is 8.42 Å². The van der Waals surface area contributed by atoms with Gasteiger partial charge in [-0.1, -0.05) is 43.3 Å². The highest BCUT2D eigenvalue weighted by Crippen LogP contribution is 2.34. The van der Waals surface area contributed by atoms with Crippen LogP contribution in [0.25, 0.3) is 26.7 Å². The summed E-state index contributed by atoms with van der Waals surface area (Å²) in [6.45, 7) is 2.68. The summed E-state index contributed by atoms with van der Waals surface area (Å²) in [6.07, 6.45) is 0.857. The van der Waals surface area contributed by atoms with Gasteiger partial charge < -0.3 is 14.5 Å². The Bertz CT molecular complexity index is 1180. The molecule has 0 bridgehead atoms. The molecule has 0 N–H and O–H groups in total. The summed E-state index contributed by atoms with van der Waals surface area (Å²) in [5.74, 6) is 0.176. The van der Waals surface area contributed by atoms with Crippen molar-refractivity contribution in [2.45, 2.75) is 24.8 Å². The Balaban J connectivity index is 1.88. The molecule has 0 unspecified atom stereocenters. The molecule has 2 heterocycles. The second kappa shape index (κ2) is 6.42. The van der Waals surface area contributed by atoms with Gasteiger partial charge in [0.1, 0.15) is 5.65 Å². The summed E-state index contributed by atoms with van der Waals surface area (Å²) in [6, 6.07) is 17.8. The average Bonchev–Trinajstić information content (AvgIpc) is 2.97. The minimum atomic E-state index is -3.84. The molecule has 0 atom stereocenters. The number of sulfonamides is 1. The molecule has 0 radical (unpaired) electrons. The van der Waals surface area contributed by atoms with Crippen LogP contribution in [0.3, 0.4) is 0 Å². The van der Waals surface area contributed by atoms with Gasteiger partial charge in [-0.2, -0.15) is 0 Å². The van der Waals surface area contributed by atoms with Crippen molar-refractivity contribution in [3.05, 3.63) is 65.4 Å². The van der Waals surface area contributed by atoms with E-state index in [0.717, 1.165) is 17.3 Å². The highest BCUT2D eigenvalue weighted by molar-refractivity contribution is 7.94. The lowest BCUT2D eigenvalue weighted by Gasteiger charge is -2.13. The van der Waals surface area contributed by atoms with Crippen LogP contribution in [-0.2, 0) is 16.6 Å². The van der Waals surface area contributed by atoms with Crippen molar-refractivity contribution in [3.8, 4) is 0 Å². The van der Waals surface area contributed by atoms with Gasteiger partial charge in [0.25, 0.3) is 0 Å². The summed E-state index contributed by atoms with van der Waals surface area (Å²) in [5, 5.41) is 5.98. The van der Waals surface area contributed by atoms with Crippen molar-refractivity contribution in [1.82, 2.24) is 14.8 Å². The second-order valence-electron chi connectivity index (χ2n) is 5.98. The number of pyridine rings is 1. The van der Waals surface area contributed by atoms with E-state index in [0.29, 0.717) is 17.6 Å². The predicted molar refractivity (Wildman–Crippen MR) is 102 cm³/mol. The SMILES string of the molecule is CCCn1nc([N-]S(=O)(=O)c2ccccc2)c2cc3ccccc3nc21. The Morgan fingerprint density at radius 1 is 1.04 bits per heavy atom. The highest BCUT2D eigenvalue weighted by atomic mass is 32.2. The lowest BCUT2D eigenvalue weighted by Crippen LogP contribution is -2.01. The fourth-order valence-electron chi connectivity index (χ4n) is 2.88. The number of benzene rings is 2. The zero-order valence-corrected chi connectivity index (χ0v) is 15.0. The Labute approximate surface area is 151 Å². The molecule has 0 spiro atoms. The molecule has 0 amide bonds. The van der Waals surface area contributed by atoms with E-state index in [1.165, 1.54) is 12.1 Å². The van der Waals surface area contributed by atoms with Crippen LogP contribution < -0.4 is 0 Å². The summed E-state index contributed by atoms with van der Waals surface area (Å²) in [5.41, 5.74) is 1.49. The Morgan fingerprint density at radius 2 is 1.77 bits per heavy atom. The van der Waals surface area contributed by atoms with Gasteiger partial charge in [0.05, 0.1) is 10.4 Å². The molecule has 2 aromatic heterocycles. The largest absolute Gasteiger partial charge is 0.372 e. The van der Waals surface area contributed by atoms with Gasteiger partial charge in [0.15, 0.2) is 0 Å². The molecule has 2 aromatic carbocycles. The fourth-order valence-corrected chi connectivity index (χ4v) is 3.85. The van der Waals surface area contributed by atoms with Crippen LogP contribution in [0.15, 0.2) is 65.6 Å². The van der Waals surface area contributed by atoms with Crippen LogP contribution in [-0.4, -0.2) is 23.2 Å². The number of aromatic nitrogens is 3. The quantitative estimate of drug-likeness (QED) is 0.525. The van der Waals surface area contributed by atoms with E-state index in [1.54, 1.807) is 22.9 Å². The van der Waals surface area contributed by atoms with Gasteiger partial charge in [-0.25, -0.2) is 13.4 Å². The Morgan fingerprint density at radius 3 is 2.54 bits per heavy atom. The molecule has 4 aromatic rings. The van der Waals surface area contributed by atoms with E-state index in [-0.39, 0.29) is 10.7 Å². The summed E-state index contributed by atoms with van der Waals surface area (Å²) in [4.78, 5) is 4.81. The third-order valence-electron chi connectivity index (χ3n) is 4.09. The second-order valence-corrected chi connectivity index (χ2v) is 7.58. The molecule has 0 aliphatic heterocycles. The van der Waals surface area contributed by atoms with Gasteiger partial charge in [0, 0.05) is 17.3 Å². The number of aryl methyl sites for hydroxylation is 1. The maximum atomic E-state index is 12.6. The van der Waals surface area contributed by atoms with Crippen molar-refractivity contribution in [2.75, 3.05) is 0 Å². The summed E-state index contributed by atoms with van der Waals surface area (Å²) in [7, 11) is -3.84. The monoisotopic (exact) mass is 365 g/mol. The smallest absolute Gasteiger partial charge is 0.202 e. The number of nitrogens with zero attached hydrogens (tertiary/aromatic N) is 4. The minimum absolute atomic E-state index is 0.145.